The summed E-state index contributed by atoms with van der Waals surface area (Å²) in [5.74, 6) is 0.782. The average molecular weight is 258 g/mol. The van der Waals surface area contributed by atoms with Crippen LogP contribution in [0, 0.1) is 0 Å². The lowest BCUT2D eigenvalue weighted by atomic mass is 9.81. The van der Waals surface area contributed by atoms with Crippen LogP contribution in [0.25, 0.3) is 0 Å². The lowest BCUT2D eigenvalue weighted by Gasteiger charge is -2.31. The molecule has 0 radical (unpaired) electrons. The minimum Gasteiger partial charge on any atom is -0.328 e. The maximum atomic E-state index is 5.99. The zero-order valence-corrected chi connectivity index (χ0v) is 11.7. The van der Waals surface area contributed by atoms with Gasteiger partial charge in [0, 0.05) is 18.1 Å². The van der Waals surface area contributed by atoms with Crippen LogP contribution in [0.15, 0.2) is 30.3 Å². The van der Waals surface area contributed by atoms with E-state index in [9.17, 15) is 0 Å². The Balaban J connectivity index is 1.47. The number of nitrogens with one attached hydrogen (secondary N) is 1. The van der Waals surface area contributed by atoms with Crippen molar-refractivity contribution in [3.63, 3.8) is 0 Å². The van der Waals surface area contributed by atoms with Gasteiger partial charge in [-0.1, -0.05) is 30.3 Å². The van der Waals surface area contributed by atoms with E-state index in [2.05, 4.69) is 35.6 Å². The van der Waals surface area contributed by atoms with E-state index in [0.29, 0.717) is 12.1 Å². The minimum atomic E-state index is 0.443. The lowest BCUT2D eigenvalue weighted by molar-refractivity contribution is 0.313. The maximum Gasteiger partial charge on any atom is 0.00849 e. The van der Waals surface area contributed by atoms with Crippen molar-refractivity contribution < 1.29 is 0 Å². The molecule has 2 fully saturated rings. The second kappa shape index (κ2) is 6.06. The molecule has 0 bridgehead atoms. The molecule has 19 heavy (non-hydrogen) atoms. The molecule has 2 aliphatic rings. The van der Waals surface area contributed by atoms with Gasteiger partial charge < -0.3 is 11.1 Å². The fourth-order valence-electron chi connectivity index (χ4n) is 3.82. The highest BCUT2D eigenvalue weighted by Gasteiger charge is 2.27. The molecule has 1 aromatic carbocycles. The first kappa shape index (κ1) is 13.1. The first-order valence-corrected chi connectivity index (χ1v) is 7.88. The molecule has 1 aromatic rings. The fourth-order valence-corrected chi connectivity index (χ4v) is 3.82. The largest absolute Gasteiger partial charge is 0.328 e. The van der Waals surface area contributed by atoms with Crippen molar-refractivity contribution in [1.82, 2.24) is 5.32 Å². The SMILES string of the molecule is NC1CCC(NC2CCC(c3ccccc3)CC2)C1. The topological polar surface area (TPSA) is 38.0 Å². The molecule has 0 saturated heterocycles. The number of rotatable bonds is 3. The third kappa shape index (κ3) is 3.37. The van der Waals surface area contributed by atoms with Crippen LogP contribution in [0.5, 0.6) is 0 Å². The van der Waals surface area contributed by atoms with Gasteiger partial charge in [0.05, 0.1) is 0 Å². The predicted molar refractivity (Wildman–Crippen MR) is 80.2 cm³/mol. The van der Waals surface area contributed by atoms with E-state index in [0.717, 1.165) is 12.0 Å². The summed E-state index contributed by atoms with van der Waals surface area (Å²) in [5.41, 5.74) is 7.52. The summed E-state index contributed by atoms with van der Waals surface area (Å²) in [6.45, 7) is 0. The molecule has 2 saturated carbocycles. The Labute approximate surface area is 116 Å². The van der Waals surface area contributed by atoms with E-state index < -0.39 is 0 Å². The van der Waals surface area contributed by atoms with E-state index in [-0.39, 0.29) is 0 Å². The summed E-state index contributed by atoms with van der Waals surface area (Å²) in [6, 6.07) is 12.9. The van der Waals surface area contributed by atoms with Crippen molar-refractivity contribution in [3.05, 3.63) is 35.9 Å². The van der Waals surface area contributed by atoms with Gasteiger partial charge in [-0.15, -0.1) is 0 Å². The Hall–Kier alpha value is -0.860. The summed E-state index contributed by atoms with van der Waals surface area (Å²) < 4.78 is 0. The highest BCUT2D eigenvalue weighted by Crippen LogP contribution is 2.33. The number of hydrogen-bond donors (Lipinski definition) is 2. The van der Waals surface area contributed by atoms with Crippen molar-refractivity contribution in [3.8, 4) is 0 Å². The molecule has 2 nitrogen and oxygen atoms in total. The third-order valence-electron chi connectivity index (χ3n) is 4.94. The monoisotopic (exact) mass is 258 g/mol. The Bertz CT molecular complexity index is 382. The van der Waals surface area contributed by atoms with Crippen LogP contribution in [0.3, 0.4) is 0 Å². The van der Waals surface area contributed by atoms with Gasteiger partial charge in [0.1, 0.15) is 0 Å². The van der Waals surface area contributed by atoms with E-state index in [1.165, 1.54) is 50.5 Å². The van der Waals surface area contributed by atoms with Crippen LogP contribution in [0.4, 0.5) is 0 Å². The quantitative estimate of drug-likeness (QED) is 0.874. The Kier molecular flexibility index (Phi) is 4.19. The molecule has 104 valence electrons. The van der Waals surface area contributed by atoms with Crippen molar-refractivity contribution in [2.75, 3.05) is 0 Å². The van der Waals surface area contributed by atoms with Gasteiger partial charge in [0.25, 0.3) is 0 Å². The molecule has 3 N–H and O–H groups in total. The highest BCUT2D eigenvalue weighted by atomic mass is 15.0. The predicted octanol–water partition coefficient (Wildman–Crippen LogP) is 3.18. The molecule has 0 aliphatic heterocycles. The Morgan fingerprint density at radius 1 is 0.842 bits per heavy atom. The molecule has 0 spiro atoms. The molecule has 0 aromatic heterocycles. The second-order valence-corrected chi connectivity index (χ2v) is 6.40. The van der Waals surface area contributed by atoms with Crippen molar-refractivity contribution in [2.24, 2.45) is 5.73 Å². The fraction of sp³-hybridized carbons (Fsp3) is 0.647. The van der Waals surface area contributed by atoms with Crippen LogP contribution >= 0.6 is 0 Å². The number of nitrogens with two attached hydrogens (primary N) is 1. The van der Waals surface area contributed by atoms with Gasteiger partial charge in [-0.2, -0.15) is 0 Å². The van der Waals surface area contributed by atoms with Crippen molar-refractivity contribution in [2.45, 2.75) is 69.0 Å². The first-order valence-electron chi connectivity index (χ1n) is 7.88. The molecular weight excluding hydrogens is 232 g/mol. The second-order valence-electron chi connectivity index (χ2n) is 6.40. The molecule has 2 aliphatic carbocycles. The minimum absolute atomic E-state index is 0.443. The molecule has 2 heteroatoms. The van der Waals surface area contributed by atoms with Crippen LogP contribution in [0.2, 0.25) is 0 Å². The summed E-state index contributed by atoms with van der Waals surface area (Å²) in [7, 11) is 0. The highest BCUT2D eigenvalue weighted by molar-refractivity contribution is 5.20. The molecule has 3 rings (SSSR count). The van der Waals surface area contributed by atoms with Crippen molar-refractivity contribution in [1.29, 1.82) is 0 Å². The molecule has 2 unspecified atom stereocenters. The molecule has 2 atom stereocenters. The normalized spacial score (nSPS) is 35.4. The zero-order valence-electron chi connectivity index (χ0n) is 11.7. The number of benzene rings is 1. The van der Waals surface area contributed by atoms with Crippen LogP contribution in [-0.2, 0) is 0 Å². The lowest BCUT2D eigenvalue weighted by Crippen LogP contribution is -2.39. The summed E-state index contributed by atoms with van der Waals surface area (Å²) in [4.78, 5) is 0. The zero-order chi connectivity index (χ0) is 13.1. The van der Waals surface area contributed by atoms with Gasteiger partial charge in [0.15, 0.2) is 0 Å². The van der Waals surface area contributed by atoms with E-state index in [1.54, 1.807) is 0 Å². The first-order chi connectivity index (χ1) is 9.31. The summed E-state index contributed by atoms with van der Waals surface area (Å²) >= 11 is 0. The van der Waals surface area contributed by atoms with E-state index in [1.807, 2.05) is 0 Å². The van der Waals surface area contributed by atoms with Crippen LogP contribution in [-0.4, -0.2) is 18.1 Å². The van der Waals surface area contributed by atoms with Gasteiger partial charge >= 0.3 is 0 Å². The van der Waals surface area contributed by atoms with Gasteiger partial charge in [0.2, 0.25) is 0 Å². The van der Waals surface area contributed by atoms with Gasteiger partial charge in [-0.3, -0.25) is 0 Å². The molecular formula is C17H26N2. The van der Waals surface area contributed by atoms with Crippen LogP contribution < -0.4 is 11.1 Å². The standard InChI is InChI=1S/C17H26N2/c18-15-8-11-17(12-15)19-16-9-6-14(7-10-16)13-4-2-1-3-5-13/h1-5,14-17,19H,6-12,18H2. The number of hydrogen-bond acceptors (Lipinski definition) is 2. The average Bonchev–Trinajstić information content (AvgIpc) is 2.86. The van der Waals surface area contributed by atoms with Gasteiger partial charge in [-0.05, 0) is 56.4 Å². The smallest absolute Gasteiger partial charge is 0.00849 e. The van der Waals surface area contributed by atoms with Crippen LogP contribution in [0.1, 0.15) is 56.4 Å². The summed E-state index contributed by atoms with van der Waals surface area (Å²) in [5, 5.41) is 3.84. The molecule has 0 amide bonds. The summed E-state index contributed by atoms with van der Waals surface area (Å²) in [6.07, 6.45) is 8.98. The van der Waals surface area contributed by atoms with E-state index in [4.69, 9.17) is 5.73 Å². The Morgan fingerprint density at radius 2 is 1.53 bits per heavy atom. The van der Waals surface area contributed by atoms with Gasteiger partial charge in [-0.25, -0.2) is 0 Å². The maximum absolute atomic E-state index is 5.99. The third-order valence-corrected chi connectivity index (χ3v) is 4.94. The Morgan fingerprint density at radius 3 is 2.16 bits per heavy atom. The van der Waals surface area contributed by atoms with Crippen molar-refractivity contribution >= 4 is 0 Å². The van der Waals surface area contributed by atoms with E-state index >= 15 is 0 Å². The molecule has 0 heterocycles.